The van der Waals surface area contributed by atoms with E-state index >= 15 is 0 Å². The van der Waals surface area contributed by atoms with E-state index in [-0.39, 0.29) is 11.7 Å². The molecule has 1 atom stereocenters. The summed E-state index contributed by atoms with van der Waals surface area (Å²) in [6.45, 7) is 3.94. The van der Waals surface area contributed by atoms with Crippen molar-refractivity contribution in [2.24, 2.45) is 5.92 Å². The third-order valence-corrected chi connectivity index (χ3v) is 5.77. The van der Waals surface area contributed by atoms with Crippen molar-refractivity contribution in [1.82, 2.24) is 9.88 Å². The van der Waals surface area contributed by atoms with Crippen molar-refractivity contribution in [3.63, 3.8) is 0 Å². The lowest BCUT2D eigenvalue weighted by atomic mass is 10.0. The zero-order valence-electron chi connectivity index (χ0n) is 19.5. The van der Waals surface area contributed by atoms with Crippen LogP contribution in [0, 0.1) is 5.92 Å². The molecule has 0 fully saturated rings. The average Bonchev–Trinajstić information content (AvgIpc) is 3.49. The van der Waals surface area contributed by atoms with Crippen LogP contribution in [0.5, 0.6) is 0 Å². The third-order valence-electron chi connectivity index (χ3n) is 5.77. The maximum atomic E-state index is 13.1. The second-order valence-electron chi connectivity index (χ2n) is 8.58. The van der Waals surface area contributed by atoms with Gasteiger partial charge in [0.2, 0.25) is 5.78 Å². The summed E-state index contributed by atoms with van der Waals surface area (Å²) in [7, 11) is 0. The van der Waals surface area contributed by atoms with Gasteiger partial charge in [-0.05, 0) is 41.8 Å². The number of aliphatic carboxylic acids is 1. The van der Waals surface area contributed by atoms with Crippen LogP contribution in [0.3, 0.4) is 0 Å². The van der Waals surface area contributed by atoms with Gasteiger partial charge >= 0.3 is 5.97 Å². The summed E-state index contributed by atoms with van der Waals surface area (Å²) in [5.74, 6) is -1.86. The molecular formula is C28H26N2O5. The predicted octanol–water partition coefficient (Wildman–Crippen LogP) is 5.02. The van der Waals surface area contributed by atoms with Crippen LogP contribution >= 0.6 is 0 Å². The van der Waals surface area contributed by atoms with E-state index in [0.717, 1.165) is 10.9 Å². The number of carboxylic acids is 1. The number of aromatic nitrogens is 1. The van der Waals surface area contributed by atoms with Gasteiger partial charge in [0.15, 0.2) is 0 Å². The Balaban J connectivity index is 1.47. The van der Waals surface area contributed by atoms with Gasteiger partial charge in [0.05, 0.1) is 11.3 Å². The highest BCUT2D eigenvalue weighted by molar-refractivity contribution is 6.15. The standard InChI is InChI=1S/C28H26N2O5/c1-18(2)25(28(33)34)29-27(32)20-10-5-8-19(16-20)9-6-14-30-15-7-12-23(30)26(31)22-17-35-24-13-4-3-11-21(22)24/h3-13,15-18,25H,14H2,1-2H3,(H,29,32)(H,33,34)/b9-6+/t25-/m0/s1. The number of allylic oxidation sites excluding steroid dienone is 1. The molecule has 0 spiro atoms. The number of carboxylic acid groups (broad SMARTS) is 1. The number of hydrogen-bond donors (Lipinski definition) is 2. The van der Waals surface area contributed by atoms with Gasteiger partial charge in [-0.25, -0.2) is 4.79 Å². The Bertz CT molecular complexity index is 1410. The molecule has 0 radical (unpaired) electrons. The molecule has 2 heterocycles. The highest BCUT2D eigenvalue weighted by atomic mass is 16.4. The first-order chi connectivity index (χ1) is 16.8. The Labute approximate surface area is 202 Å². The van der Waals surface area contributed by atoms with E-state index in [1.807, 2.05) is 59.3 Å². The number of amides is 1. The molecule has 35 heavy (non-hydrogen) atoms. The number of ketones is 1. The van der Waals surface area contributed by atoms with Crippen molar-refractivity contribution in [3.8, 4) is 0 Å². The van der Waals surface area contributed by atoms with Crippen LogP contribution in [0.1, 0.15) is 45.8 Å². The van der Waals surface area contributed by atoms with Crippen molar-refractivity contribution in [2.45, 2.75) is 26.4 Å². The second-order valence-corrected chi connectivity index (χ2v) is 8.58. The van der Waals surface area contributed by atoms with E-state index in [2.05, 4.69) is 5.32 Å². The number of rotatable bonds is 9. The van der Waals surface area contributed by atoms with Gasteiger partial charge in [-0.15, -0.1) is 0 Å². The molecule has 0 aliphatic heterocycles. The number of para-hydroxylation sites is 1. The molecule has 1 amide bonds. The summed E-state index contributed by atoms with van der Waals surface area (Å²) in [6.07, 6.45) is 7.08. The molecule has 0 unspecified atom stereocenters. The summed E-state index contributed by atoms with van der Waals surface area (Å²) in [5, 5.41) is 12.7. The minimum absolute atomic E-state index is 0.120. The number of nitrogens with one attached hydrogen (secondary N) is 1. The van der Waals surface area contributed by atoms with E-state index < -0.39 is 17.9 Å². The molecule has 2 aromatic carbocycles. The van der Waals surface area contributed by atoms with Crippen LogP contribution in [-0.2, 0) is 11.3 Å². The van der Waals surface area contributed by atoms with Crippen LogP contribution in [0.2, 0.25) is 0 Å². The van der Waals surface area contributed by atoms with Crippen molar-refractivity contribution in [1.29, 1.82) is 0 Å². The number of carbonyl (C=O) groups is 3. The van der Waals surface area contributed by atoms with Crippen molar-refractivity contribution in [2.75, 3.05) is 0 Å². The Morgan fingerprint density at radius 3 is 2.63 bits per heavy atom. The molecule has 178 valence electrons. The molecule has 0 bridgehead atoms. The molecule has 4 rings (SSSR count). The number of hydrogen-bond acceptors (Lipinski definition) is 4. The fourth-order valence-electron chi connectivity index (χ4n) is 3.90. The quantitative estimate of drug-likeness (QED) is 0.335. The summed E-state index contributed by atoms with van der Waals surface area (Å²) in [4.78, 5) is 37.1. The monoisotopic (exact) mass is 470 g/mol. The molecule has 0 aliphatic rings. The van der Waals surface area contributed by atoms with Gasteiger partial charge in [0.25, 0.3) is 5.91 Å². The molecule has 4 aromatic rings. The van der Waals surface area contributed by atoms with Gasteiger partial charge in [0.1, 0.15) is 17.9 Å². The molecule has 2 N–H and O–H groups in total. The molecule has 0 aliphatic carbocycles. The SMILES string of the molecule is CC(C)[C@H](NC(=O)c1cccc(/C=C/Cn2cccc2C(=O)c2coc3ccccc23)c1)C(=O)O. The zero-order valence-corrected chi connectivity index (χ0v) is 19.5. The van der Waals surface area contributed by atoms with Crippen molar-refractivity contribution < 1.29 is 23.9 Å². The van der Waals surface area contributed by atoms with E-state index in [4.69, 9.17) is 4.42 Å². The first kappa shape index (κ1) is 23.8. The Morgan fingerprint density at radius 2 is 1.86 bits per heavy atom. The number of nitrogens with zero attached hydrogens (tertiary/aromatic N) is 1. The first-order valence-electron chi connectivity index (χ1n) is 11.3. The molecule has 2 aromatic heterocycles. The minimum Gasteiger partial charge on any atom is -0.480 e. The van der Waals surface area contributed by atoms with Gasteiger partial charge in [-0.2, -0.15) is 0 Å². The number of fused-ring (bicyclic) bond motifs is 1. The molecule has 7 nitrogen and oxygen atoms in total. The normalized spacial score (nSPS) is 12.3. The van der Waals surface area contributed by atoms with Crippen LogP contribution in [0.4, 0.5) is 0 Å². The summed E-state index contributed by atoms with van der Waals surface area (Å²) in [6, 6.07) is 17.0. The first-order valence-corrected chi connectivity index (χ1v) is 11.3. The Kier molecular flexibility index (Phi) is 6.96. The zero-order chi connectivity index (χ0) is 24.9. The van der Waals surface area contributed by atoms with Gasteiger partial charge in [-0.3, -0.25) is 9.59 Å². The topological polar surface area (TPSA) is 102 Å². The number of benzene rings is 2. The van der Waals surface area contributed by atoms with E-state index in [0.29, 0.717) is 28.9 Å². The predicted molar refractivity (Wildman–Crippen MR) is 133 cm³/mol. The van der Waals surface area contributed by atoms with Crippen LogP contribution in [0.25, 0.3) is 17.0 Å². The lowest BCUT2D eigenvalue weighted by Gasteiger charge is -2.18. The maximum Gasteiger partial charge on any atom is 0.326 e. The lowest BCUT2D eigenvalue weighted by Crippen LogP contribution is -2.44. The number of furan rings is 1. The maximum absolute atomic E-state index is 13.1. The molecule has 0 saturated heterocycles. The number of carbonyl (C=O) groups excluding carboxylic acids is 2. The lowest BCUT2D eigenvalue weighted by molar-refractivity contribution is -0.140. The average molecular weight is 471 g/mol. The summed E-state index contributed by atoms with van der Waals surface area (Å²) in [5.41, 5.74) is 2.89. The van der Waals surface area contributed by atoms with E-state index in [1.54, 1.807) is 38.1 Å². The Hall–Kier alpha value is -4.39. The molecule has 7 heteroatoms. The van der Waals surface area contributed by atoms with Crippen LogP contribution in [-0.4, -0.2) is 33.4 Å². The fourth-order valence-corrected chi connectivity index (χ4v) is 3.90. The van der Waals surface area contributed by atoms with E-state index in [9.17, 15) is 19.5 Å². The third kappa shape index (κ3) is 5.24. The molecule has 0 saturated carbocycles. The van der Waals surface area contributed by atoms with Crippen LogP contribution < -0.4 is 5.32 Å². The largest absolute Gasteiger partial charge is 0.480 e. The highest BCUT2D eigenvalue weighted by Gasteiger charge is 2.24. The minimum atomic E-state index is -1.06. The van der Waals surface area contributed by atoms with Crippen LogP contribution in [0.15, 0.2) is 83.6 Å². The highest BCUT2D eigenvalue weighted by Crippen LogP contribution is 2.23. The smallest absolute Gasteiger partial charge is 0.326 e. The summed E-state index contributed by atoms with van der Waals surface area (Å²) < 4.78 is 7.36. The molecular weight excluding hydrogens is 444 g/mol. The van der Waals surface area contributed by atoms with Crippen molar-refractivity contribution >= 4 is 34.7 Å². The Morgan fingerprint density at radius 1 is 1.06 bits per heavy atom. The van der Waals surface area contributed by atoms with E-state index in [1.165, 1.54) is 6.26 Å². The second kappa shape index (κ2) is 10.3. The summed E-state index contributed by atoms with van der Waals surface area (Å²) >= 11 is 0. The fraction of sp³-hybridized carbons (Fsp3) is 0.179. The van der Waals surface area contributed by atoms with Gasteiger partial charge in [0, 0.05) is 23.7 Å². The van der Waals surface area contributed by atoms with Gasteiger partial charge < -0.3 is 19.4 Å². The van der Waals surface area contributed by atoms with Gasteiger partial charge in [-0.1, -0.05) is 56.3 Å². The van der Waals surface area contributed by atoms with Crippen molar-refractivity contribution in [3.05, 3.63) is 102 Å².